The molecule has 2 aliphatic carbocycles. The lowest BCUT2D eigenvalue weighted by molar-refractivity contribution is -0.133. The lowest BCUT2D eigenvalue weighted by Crippen LogP contribution is -2.35. The van der Waals surface area contributed by atoms with E-state index in [1.807, 2.05) is 0 Å². The van der Waals surface area contributed by atoms with Crippen LogP contribution >= 0.6 is 0 Å². The molecular weight excluding hydrogens is 312 g/mol. The number of hydrogen-bond acceptors (Lipinski definition) is 3. The number of aliphatic hydroxyl groups excluding tert-OH is 2. The Kier molecular flexibility index (Phi) is 8.99. The van der Waals surface area contributed by atoms with E-state index in [4.69, 9.17) is 0 Å². The van der Waals surface area contributed by atoms with E-state index < -0.39 is 12.2 Å². The summed E-state index contributed by atoms with van der Waals surface area (Å²) in [6.45, 7) is 2.25. The SMILES string of the molecule is CCCCCCCCCCCCC(O)C#CC1C(O)CC2C(=O)CC21. The van der Waals surface area contributed by atoms with Crippen LogP contribution in [0.1, 0.15) is 90.4 Å². The van der Waals surface area contributed by atoms with E-state index in [-0.39, 0.29) is 23.5 Å². The zero-order valence-electron chi connectivity index (χ0n) is 15.9. The normalized spacial score (nSPS) is 28.8. The summed E-state index contributed by atoms with van der Waals surface area (Å²) in [5, 5.41) is 20.0. The topological polar surface area (TPSA) is 57.5 Å². The third-order valence-electron chi connectivity index (χ3n) is 5.99. The van der Waals surface area contributed by atoms with Crippen LogP contribution in [0.4, 0.5) is 0 Å². The molecule has 3 nitrogen and oxygen atoms in total. The Bertz CT molecular complexity index is 462. The molecule has 5 atom stereocenters. The molecule has 0 bridgehead atoms. The minimum Gasteiger partial charge on any atom is -0.392 e. The number of fused-ring (bicyclic) bond motifs is 1. The maximum Gasteiger partial charge on any atom is 0.136 e. The molecule has 25 heavy (non-hydrogen) atoms. The largest absolute Gasteiger partial charge is 0.392 e. The summed E-state index contributed by atoms with van der Waals surface area (Å²) >= 11 is 0. The molecule has 0 saturated heterocycles. The highest BCUT2D eigenvalue weighted by Gasteiger charge is 2.52. The summed E-state index contributed by atoms with van der Waals surface area (Å²) in [4.78, 5) is 11.4. The lowest BCUT2D eigenvalue weighted by atomic mass is 9.71. The van der Waals surface area contributed by atoms with E-state index in [0.717, 1.165) is 12.8 Å². The molecule has 2 fully saturated rings. The molecule has 2 rings (SSSR count). The first-order chi connectivity index (χ1) is 12.1. The minimum atomic E-state index is -0.587. The standard InChI is InChI=1S/C22H36O3/c1-2-3-4-5-6-7-8-9-10-11-12-17(23)13-14-18-19-15-22(25)20(19)16-21(18)24/h17-21,23-24H,2-12,15-16H2,1H3. The molecule has 0 aliphatic heterocycles. The Morgan fingerprint density at radius 2 is 1.64 bits per heavy atom. The fraction of sp³-hybridized carbons (Fsp3) is 0.864. The van der Waals surface area contributed by atoms with Gasteiger partial charge in [0.2, 0.25) is 0 Å². The lowest BCUT2D eigenvalue weighted by Gasteiger charge is -2.30. The van der Waals surface area contributed by atoms with Crippen LogP contribution in [-0.2, 0) is 4.79 Å². The first-order valence-corrected chi connectivity index (χ1v) is 10.5. The van der Waals surface area contributed by atoms with Crippen molar-refractivity contribution in [2.24, 2.45) is 17.8 Å². The number of carbonyl (C=O) groups is 1. The van der Waals surface area contributed by atoms with Crippen LogP contribution in [0.25, 0.3) is 0 Å². The molecule has 0 aromatic rings. The maximum absolute atomic E-state index is 11.4. The van der Waals surface area contributed by atoms with Crippen molar-refractivity contribution >= 4 is 5.78 Å². The average molecular weight is 349 g/mol. The third kappa shape index (κ3) is 6.42. The second-order valence-electron chi connectivity index (χ2n) is 8.04. The quantitative estimate of drug-likeness (QED) is 0.433. The first-order valence-electron chi connectivity index (χ1n) is 10.5. The smallest absolute Gasteiger partial charge is 0.136 e. The van der Waals surface area contributed by atoms with Gasteiger partial charge in [-0.05, 0) is 25.2 Å². The molecule has 0 aromatic heterocycles. The number of carbonyl (C=O) groups excluding carboxylic acids is 1. The van der Waals surface area contributed by atoms with E-state index in [1.54, 1.807) is 0 Å². The molecule has 0 radical (unpaired) electrons. The van der Waals surface area contributed by atoms with Crippen LogP contribution in [0, 0.1) is 29.6 Å². The molecular formula is C22H36O3. The van der Waals surface area contributed by atoms with Gasteiger partial charge in [-0.1, -0.05) is 76.6 Å². The summed E-state index contributed by atoms with van der Waals surface area (Å²) in [5.74, 6) is 6.43. The number of unbranched alkanes of at least 4 members (excludes halogenated alkanes) is 9. The van der Waals surface area contributed by atoms with Crippen LogP contribution in [0.5, 0.6) is 0 Å². The van der Waals surface area contributed by atoms with Gasteiger partial charge < -0.3 is 10.2 Å². The van der Waals surface area contributed by atoms with Gasteiger partial charge in [-0.25, -0.2) is 0 Å². The highest BCUT2D eigenvalue weighted by molar-refractivity contribution is 5.88. The summed E-state index contributed by atoms with van der Waals surface area (Å²) in [7, 11) is 0. The van der Waals surface area contributed by atoms with Crippen LogP contribution < -0.4 is 0 Å². The zero-order valence-corrected chi connectivity index (χ0v) is 15.9. The maximum atomic E-state index is 11.4. The fourth-order valence-corrected chi connectivity index (χ4v) is 4.27. The van der Waals surface area contributed by atoms with Gasteiger partial charge >= 0.3 is 0 Å². The number of Topliss-reactive ketones (excluding diaryl/α,β-unsaturated/α-hetero) is 1. The Balaban J connectivity index is 1.49. The van der Waals surface area contributed by atoms with Crippen molar-refractivity contribution < 1.29 is 15.0 Å². The summed E-state index contributed by atoms with van der Waals surface area (Å²) in [6, 6.07) is 0. The van der Waals surface area contributed by atoms with Gasteiger partial charge in [-0.3, -0.25) is 4.79 Å². The Morgan fingerprint density at radius 1 is 1.04 bits per heavy atom. The van der Waals surface area contributed by atoms with Gasteiger partial charge in [-0.2, -0.15) is 0 Å². The molecule has 2 aliphatic rings. The van der Waals surface area contributed by atoms with Crippen molar-refractivity contribution in [2.45, 2.75) is 103 Å². The third-order valence-corrected chi connectivity index (χ3v) is 5.99. The highest BCUT2D eigenvalue weighted by atomic mass is 16.3. The van der Waals surface area contributed by atoms with Gasteiger partial charge in [0.25, 0.3) is 0 Å². The summed E-state index contributed by atoms with van der Waals surface area (Å²) in [6.07, 6.45) is 13.7. The average Bonchev–Trinajstić information content (AvgIpc) is 2.85. The van der Waals surface area contributed by atoms with Crippen molar-refractivity contribution in [1.82, 2.24) is 0 Å². The molecule has 142 valence electrons. The molecule has 2 N–H and O–H groups in total. The molecule has 0 spiro atoms. The monoisotopic (exact) mass is 348 g/mol. The van der Waals surface area contributed by atoms with Crippen LogP contribution in [-0.4, -0.2) is 28.2 Å². The number of aliphatic hydroxyl groups is 2. The van der Waals surface area contributed by atoms with E-state index in [1.165, 1.54) is 57.8 Å². The molecule has 0 heterocycles. The van der Waals surface area contributed by atoms with E-state index in [0.29, 0.717) is 12.8 Å². The zero-order chi connectivity index (χ0) is 18.1. The predicted molar refractivity (Wildman–Crippen MR) is 101 cm³/mol. The van der Waals surface area contributed by atoms with Crippen LogP contribution in [0.2, 0.25) is 0 Å². The Labute approximate surface area is 153 Å². The van der Waals surface area contributed by atoms with Crippen molar-refractivity contribution in [3.05, 3.63) is 0 Å². The van der Waals surface area contributed by atoms with Crippen molar-refractivity contribution in [3.63, 3.8) is 0 Å². The number of ketones is 1. The van der Waals surface area contributed by atoms with E-state index >= 15 is 0 Å². The molecule has 0 amide bonds. The van der Waals surface area contributed by atoms with Crippen molar-refractivity contribution in [1.29, 1.82) is 0 Å². The second-order valence-corrected chi connectivity index (χ2v) is 8.04. The number of rotatable bonds is 11. The van der Waals surface area contributed by atoms with Gasteiger partial charge in [0, 0.05) is 12.3 Å². The van der Waals surface area contributed by atoms with E-state index in [9.17, 15) is 15.0 Å². The van der Waals surface area contributed by atoms with Gasteiger partial charge in [0.05, 0.1) is 12.0 Å². The van der Waals surface area contributed by atoms with Crippen LogP contribution in [0.3, 0.4) is 0 Å². The van der Waals surface area contributed by atoms with Gasteiger partial charge in [0.15, 0.2) is 0 Å². The molecule has 3 heteroatoms. The highest BCUT2D eigenvalue weighted by Crippen LogP contribution is 2.47. The molecule has 2 saturated carbocycles. The van der Waals surface area contributed by atoms with Crippen molar-refractivity contribution in [2.75, 3.05) is 0 Å². The first kappa shape index (κ1) is 20.5. The molecule has 0 aromatic carbocycles. The second kappa shape index (κ2) is 11.0. The minimum absolute atomic E-state index is 0.0356. The number of hydrogen-bond donors (Lipinski definition) is 2. The van der Waals surface area contributed by atoms with Crippen LogP contribution in [0.15, 0.2) is 0 Å². The van der Waals surface area contributed by atoms with Gasteiger partial charge in [0.1, 0.15) is 11.9 Å². The Morgan fingerprint density at radius 3 is 2.20 bits per heavy atom. The van der Waals surface area contributed by atoms with Crippen molar-refractivity contribution in [3.8, 4) is 11.8 Å². The summed E-state index contributed by atoms with van der Waals surface area (Å²) in [5.41, 5.74) is 0. The predicted octanol–water partition coefficient (Wildman–Crippen LogP) is 4.25. The summed E-state index contributed by atoms with van der Waals surface area (Å²) < 4.78 is 0. The Hall–Kier alpha value is -0.850. The van der Waals surface area contributed by atoms with Gasteiger partial charge in [-0.15, -0.1) is 0 Å². The fourth-order valence-electron chi connectivity index (χ4n) is 4.27. The molecule has 5 unspecified atom stereocenters. The van der Waals surface area contributed by atoms with E-state index in [2.05, 4.69) is 18.8 Å².